The topological polar surface area (TPSA) is 37.8 Å². The molecule has 0 spiro atoms. The number of nitrogens with one attached hydrogen (secondary N) is 1. The summed E-state index contributed by atoms with van der Waals surface area (Å²) in [6.45, 7) is 4.13. The quantitative estimate of drug-likeness (QED) is 0.666. The van der Waals surface area contributed by atoms with Crippen LogP contribution in [-0.4, -0.2) is 16.0 Å². The molecule has 0 amide bonds. The number of rotatable bonds is 5. The smallest absolute Gasteiger partial charge is 0.131 e. The lowest BCUT2D eigenvalue weighted by atomic mass is 10.2. The van der Waals surface area contributed by atoms with Crippen LogP contribution >= 0.6 is 15.9 Å². The number of hydrogen-bond donors (Lipinski definition) is 1. The molecule has 0 aliphatic heterocycles. The lowest BCUT2D eigenvalue weighted by molar-refractivity contribution is 0.749. The van der Waals surface area contributed by atoms with Crippen molar-refractivity contribution in [2.75, 3.05) is 5.32 Å². The third kappa shape index (κ3) is 3.82. The Labute approximate surface area is 105 Å². The Morgan fingerprint density at radius 1 is 1.50 bits per heavy atom. The summed E-state index contributed by atoms with van der Waals surface area (Å²) in [6.07, 6.45) is 8.25. The van der Waals surface area contributed by atoms with Crippen molar-refractivity contribution in [1.82, 2.24) is 9.97 Å². The largest absolute Gasteiger partial charge is 0.356 e. The van der Waals surface area contributed by atoms with Gasteiger partial charge in [0.2, 0.25) is 0 Å². The highest BCUT2D eigenvalue weighted by atomic mass is 79.9. The number of hydrogen-bond acceptors (Lipinski definition) is 3. The first-order valence-electron chi connectivity index (χ1n) is 5.45. The molecule has 1 rings (SSSR count). The van der Waals surface area contributed by atoms with E-state index >= 15 is 0 Å². The second-order valence-electron chi connectivity index (χ2n) is 3.50. The van der Waals surface area contributed by atoms with Crippen LogP contribution in [0.4, 0.5) is 5.82 Å². The Bertz CT molecular complexity index is 384. The van der Waals surface area contributed by atoms with Gasteiger partial charge in [0.25, 0.3) is 0 Å². The van der Waals surface area contributed by atoms with Gasteiger partial charge in [-0.3, -0.25) is 0 Å². The van der Waals surface area contributed by atoms with E-state index in [0.717, 1.165) is 35.5 Å². The van der Waals surface area contributed by atoms with Crippen molar-refractivity contribution in [1.29, 1.82) is 0 Å². The highest BCUT2D eigenvalue weighted by molar-refractivity contribution is 9.10. The van der Waals surface area contributed by atoms with Crippen molar-refractivity contribution < 1.29 is 0 Å². The van der Waals surface area contributed by atoms with E-state index in [9.17, 15) is 0 Å². The van der Waals surface area contributed by atoms with Crippen LogP contribution in [-0.2, 0) is 6.42 Å². The van der Waals surface area contributed by atoms with Gasteiger partial charge in [-0.2, -0.15) is 0 Å². The van der Waals surface area contributed by atoms with Crippen LogP contribution in [0.5, 0.6) is 0 Å². The van der Waals surface area contributed by atoms with Crippen molar-refractivity contribution in [2.45, 2.75) is 39.2 Å². The average Bonchev–Trinajstić information content (AvgIpc) is 2.27. The maximum absolute atomic E-state index is 5.45. The predicted molar refractivity (Wildman–Crippen MR) is 70.3 cm³/mol. The van der Waals surface area contributed by atoms with Crippen LogP contribution in [0.25, 0.3) is 0 Å². The van der Waals surface area contributed by atoms with Gasteiger partial charge in [-0.1, -0.05) is 26.2 Å². The van der Waals surface area contributed by atoms with Gasteiger partial charge in [0.05, 0.1) is 6.04 Å². The maximum Gasteiger partial charge on any atom is 0.131 e. The second-order valence-corrected chi connectivity index (χ2v) is 4.31. The molecule has 0 fully saturated rings. The molecule has 86 valence electrons. The molecule has 0 aliphatic carbocycles. The third-order valence-corrected chi connectivity index (χ3v) is 2.56. The van der Waals surface area contributed by atoms with Crippen molar-refractivity contribution in [3.63, 3.8) is 0 Å². The summed E-state index contributed by atoms with van der Waals surface area (Å²) in [5.41, 5.74) is 0. The maximum atomic E-state index is 5.45. The van der Waals surface area contributed by atoms with E-state index in [1.54, 1.807) is 0 Å². The molecule has 0 saturated heterocycles. The Balaban J connectivity index is 2.80. The minimum atomic E-state index is 0.0384. The average molecular weight is 282 g/mol. The zero-order chi connectivity index (χ0) is 12.0. The molecule has 1 atom stereocenters. The summed E-state index contributed by atoms with van der Waals surface area (Å²) in [6, 6.07) is 1.88. The number of aromatic nitrogens is 2. The van der Waals surface area contributed by atoms with E-state index in [4.69, 9.17) is 6.42 Å². The van der Waals surface area contributed by atoms with Gasteiger partial charge in [-0.05, 0) is 22.4 Å². The molecule has 1 N–H and O–H groups in total. The number of halogens is 1. The molecule has 3 nitrogen and oxygen atoms in total. The highest BCUT2D eigenvalue weighted by Gasteiger charge is 2.06. The van der Waals surface area contributed by atoms with Crippen LogP contribution < -0.4 is 5.32 Å². The number of terminal acetylenes is 1. The van der Waals surface area contributed by atoms with Gasteiger partial charge < -0.3 is 5.32 Å². The Hall–Kier alpha value is -1.08. The van der Waals surface area contributed by atoms with Gasteiger partial charge in [0, 0.05) is 12.5 Å². The van der Waals surface area contributed by atoms with Crippen molar-refractivity contribution in [3.05, 3.63) is 16.5 Å². The predicted octanol–water partition coefficient (Wildman–Crippen LogP) is 3.02. The molecule has 1 unspecified atom stereocenters. The standard InChI is InChI=1S/C12H16BrN3/c1-4-7-9(5-2)14-12-8-10(13)15-11(6-3)16-12/h2,8-9H,4,6-7H2,1,3H3,(H,14,15,16). The highest BCUT2D eigenvalue weighted by Crippen LogP contribution is 2.14. The molecule has 4 heteroatoms. The summed E-state index contributed by atoms with van der Waals surface area (Å²) in [4.78, 5) is 8.62. The van der Waals surface area contributed by atoms with E-state index in [0.29, 0.717) is 0 Å². The fourth-order valence-electron chi connectivity index (χ4n) is 1.36. The lowest BCUT2D eigenvalue weighted by Crippen LogP contribution is -2.18. The zero-order valence-electron chi connectivity index (χ0n) is 9.63. The van der Waals surface area contributed by atoms with Crippen LogP contribution in [0, 0.1) is 12.3 Å². The first-order valence-corrected chi connectivity index (χ1v) is 6.25. The minimum Gasteiger partial charge on any atom is -0.356 e. The molecule has 0 aromatic carbocycles. The minimum absolute atomic E-state index is 0.0384. The van der Waals surface area contributed by atoms with E-state index in [-0.39, 0.29) is 6.04 Å². The molecule has 0 saturated carbocycles. The Morgan fingerprint density at radius 2 is 2.25 bits per heavy atom. The van der Waals surface area contributed by atoms with Crippen LogP contribution in [0.15, 0.2) is 10.7 Å². The van der Waals surface area contributed by atoms with Gasteiger partial charge >= 0.3 is 0 Å². The molecular weight excluding hydrogens is 266 g/mol. The van der Waals surface area contributed by atoms with E-state index in [2.05, 4.69) is 44.1 Å². The fourth-order valence-corrected chi connectivity index (χ4v) is 1.78. The van der Waals surface area contributed by atoms with E-state index in [1.165, 1.54) is 0 Å². The zero-order valence-corrected chi connectivity index (χ0v) is 11.2. The van der Waals surface area contributed by atoms with Crippen LogP contribution in [0.3, 0.4) is 0 Å². The number of nitrogens with zero attached hydrogens (tertiary/aromatic N) is 2. The molecular formula is C12H16BrN3. The SMILES string of the molecule is C#CC(CCC)Nc1cc(Br)nc(CC)n1. The molecule has 1 aromatic rings. The summed E-state index contributed by atoms with van der Waals surface area (Å²) < 4.78 is 0.786. The molecule has 1 heterocycles. The van der Waals surface area contributed by atoms with Gasteiger partial charge in [0.15, 0.2) is 0 Å². The van der Waals surface area contributed by atoms with Crippen molar-refractivity contribution in [2.24, 2.45) is 0 Å². The van der Waals surface area contributed by atoms with Crippen molar-refractivity contribution >= 4 is 21.7 Å². The Morgan fingerprint density at radius 3 is 2.81 bits per heavy atom. The summed E-state index contributed by atoms with van der Waals surface area (Å²) in [5, 5.41) is 3.23. The Kier molecular flexibility index (Phi) is 5.27. The number of anilines is 1. The second kappa shape index (κ2) is 6.49. The first kappa shape index (κ1) is 13.0. The molecule has 16 heavy (non-hydrogen) atoms. The van der Waals surface area contributed by atoms with Gasteiger partial charge in [-0.25, -0.2) is 9.97 Å². The lowest BCUT2D eigenvalue weighted by Gasteiger charge is -2.13. The van der Waals surface area contributed by atoms with E-state index < -0.39 is 0 Å². The van der Waals surface area contributed by atoms with Gasteiger partial charge in [-0.15, -0.1) is 6.42 Å². The molecule has 0 aliphatic rings. The monoisotopic (exact) mass is 281 g/mol. The van der Waals surface area contributed by atoms with Crippen LogP contribution in [0.1, 0.15) is 32.5 Å². The van der Waals surface area contributed by atoms with Crippen LogP contribution in [0.2, 0.25) is 0 Å². The van der Waals surface area contributed by atoms with E-state index in [1.807, 2.05) is 13.0 Å². The molecule has 1 aromatic heterocycles. The summed E-state index contributed by atoms with van der Waals surface area (Å²) in [5.74, 6) is 4.32. The third-order valence-electron chi connectivity index (χ3n) is 2.16. The van der Waals surface area contributed by atoms with Gasteiger partial charge in [0.1, 0.15) is 16.2 Å². The normalized spacial score (nSPS) is 11.9. The van der Waals surface area contributed by atoms with Crippen molar-refractivity contribution in [3.8, 4) is 12.3 Å². The molecule has 0 radical (unpaired) electrons. The number of aryl methyl sites for hydroxylation is 1. The first-order chi connectivity index (χ1) is 7.69. The fraction of sp³-hybridized carbons (Fsp3) is 0.500. The summed E-state index contributed by atoms with van der Waals surface area (Å²) in [7, 11) is 0. The molecule has 0 bridgehead atoms. The summed E-state index contributed by atoms with van der Waals surface area (Å²) >= 11 is 3.36.